The van der Waals surface area contributed by atoms with Gasteiger partial charge in [-0.05, 0) is 29.3 Å². The minimum atomic E-state index is -0.536. The Bertz CT molecular complexity index is 811. The first-order valence-corrected chi connectivity index (χ1v) is 8.28. The Hall–Kier alpha value is -3.03. The highest BCUT2D eigenvalue weighted by Crippen LogP contribution is 2.18. The van der Waals surface area contributed by atoms with Gasteiger partial charge < -0.3 is 5.32 Å². The molecule has 0 saturated heterocycles. The average Bonchev–Trinajstić information content (AvgIpc) is 3.24. The Morgan fingerprint density at radius 3 is 2.76 bits per heavy atom. The number of amides is 1. The number of anilines is 1. The third kappa shape index (κ3) is 4.09. The molecule has 0 unspecified atom stereocenters. The first-order valence-electron chi connectivity index (χ1n) is 8.28. The number of hydrogen-bond acceptors (Lipinski definition) is 5. The zero-order valence-electron chi connectivity index (χ0n) is 14.3. The Labute approximate surface area is 145 Å². The standard InChI is InChI=1S/C17H21N7O/c1-3-9-23-11-15(13(2)20-23)19-17(25)16(24-12-18-21-22-24)10-14-7-5-4-6-8-14/h4-8,11-12,16H,3,9-10H2,1-2H3,(H,19,25)/t16-/m1/s1. The van der Waals surface area contributed by atoms with Gasteiger partial charge in [0.2, 0.25) is 5.91 Å². The lowest BCUT2D eigenvalue weighted by Crippen LogP contribution is -2.28. The topological polar surface area (TPSA) is 90.5 Å². The van der Waals surface area contributed by atoms with Crippen LogP contribution in [0.15, 0.2) is 42.9 Å². The van der Waals surface area contributed by atoms with Crippen molar-refractivity contribution in [2.24, 2.45) is 0 Å². The summed E-state index contributed by atoms with van der Waals surface area (Å²) in [6.45, 7) is 4.78. The first kappa shape index (κ1) is 16.8. The van der Waals surface area contributed by atoms with Crippen LogP contribution < -0.4 is 5.32 Å². The fourth-order valence-corrected chi connectivity index (χ4v) is 2.66. The average molecular weight is 339 g/mol. The summed E-state index contributed by atoms with van der Waals surface area (Å²) in [4.78, 5) is 12.9. The lowest BCUT2D eigenvalue weighted by molar-refractivity contribution is -0.119. The molecule has 3 aromatic rings. The molecule has 0 bridgehead atoms. The second-order valence-electron chi connectivity index (χ2n) is 5.88. The third-order valence-corrected chi connectivity index (χ3v) is 3.92. The molecule has 1 atom stereocenters. The number of nitrogens with one attached hydrogen (secondary N) is 1. The number of hydrogen-bond donors (Lipinski definition) is 1. The van der Waals surface area contributed by atoms with E-state index in [-0.39, 0.29) is 5.91 Å². The molecule has 0 aliphatic carbocycles. The van der Waals surface area contributed by atoms with Gasteiger partial charge in [0.25, 0.3) is 0 Å². The maximum Gasteiger partial charge on any atom is 0.249 e. The predicted molar refractivity (Wildman–Crippen MR) is 92.9 cm³/mol. The van der Waals surface area contributed by atoms with E-state index in [9.17, 15) is 4.79 Å². The van der Waals surface area contributed by atoms with Crippen molar-refractivity contribution in [3.63, 3.8) is 0 Å². The van der Waals surface area contributed by atoms with Crippen LogP contribution in [-0.4, -0.2) is 35.9 Å². The summed E-state index contributed by atoms with van der Waals surface area (Å²) >= 11 is 0. The van der Waals surface area contributed by atoms with Crippen molar-refractivity contribution in [1.82, 2.24) is 30.0 Å². The summed E-state index contributed by atoms with van der Waals surface area (Å²) in [5.74, 6) is -0.171. The zero-order chi connectivity index (χ0) is 17.6. The van der Waals surface area contributed by atoms with Crippen LogP contribution in [0.4, 0.5) is 5.69 Å². The summed E-state index contributed by atoms with van der Waals surface area (Å²) in [6, 6.07) is 9.27. The highest BCUT2D eigenvalue weighted by atomic mass is 16.2. The molecule has 1 aromatic carbocycles. The van der Waals surface area contributed by atoms with Crippen LogP contribution in [0.1, 0.15) is 30.6 Å². The summed E-state index contributed by atoms with van der Waals surface area (Å²) in [7, 11) is 0. The van der Waals surface area contributed by atoms with Gasteiger partial charge in [0.15, 0.2) is 0 Å². The van der Waals surface area contributed by atoms with Crippen LogP contribution in [0, 0.1) is 6.92 Å². The molecule has 3 rings (SSSR count). The highest BCUT2D eigenvalue weighted by Gasteiger charge is 2.23. The van der Waals surface area contributed by atoms with Crippen LogP contribution in [0.25, 0.3) is 0 Å². The molecule has 2 heterocycles. The van der Waals surface area contributed by atoms with Gasteiger partial charge in [-0.1, -0.05) is 37.3 Å². The number of aryl methyl sites for hydroxylation is 2. The molecule has 0 saturated carbocycles. The van der Waals surface area contributed by atoms with Crippen LogP contribution in [0.3, 0.4) is 0 Å². The fourth-order valence-electron chi connectivity index (χ4n) is 2.66. The van der Waals surface area contributed by atoms with Gasteiger partial charge in [0.1, 0.15) is 12.4 Å². The van der Waals surface area contributed by atoms with Crippen LogP contribution in [-0.2, 0) is 17.8 Å². The molecule has 2 aromatic heterocycles. The SMILES string of the molecule is CCCn1cc(NC(=O)[C@@H](Cc2ccccc2)n2cnnn2)c(C)n1. The first-order chi connectivity index (χ1) is 12.2. The molecule has 130 valence electrons. The Kier molecular flexibility index (Phi) is 5.17. The molecule has 0 aliphatic rings. The maximum absolute atomic E-state index is 12.9. The number of aromatic nitrogens is 6. The van der Waals surface area contributed by atoms with E-state index in [4.69, 9.17) is 0 Å². The molecular formula is C17H21N7O. The van der Waals surface area contributed by atoms with Gasteiger partial charge in [-0.2, -0.15) is 5.10 Å². The van der Waals surface area contributed by atoms with E-state index in [0.29, 0.717) is 12.1 Å². The van der Waals surface area contributed by atoms with E-state index >= 15 is 0 Å². The number of carbonyl (C=O) groups is 1. The smallest absolute Gasteiger partial charge is 0.249 e. The van der Waals surface area contributed by atoms with E-state index < -0.39 is 6.04 Å². The molecule has 25 heavy (non-hydrogen) atoms. The van der Waals surface area contributed by atoms with Crippen molar-refractivity contribution in [1.29, 1.82) is 0 Å². The molecular weight excluding hydrogens is 318 g/mol. The van der Waals surface area contributed by atoms with E-state index in [0.717, 1.165) is 24.2 Å². The second kappa shape index (κ2) is 7.69. The van der Waals surface area contributed by atoms with Gasteiger partial charge >= 0.3 is 0 Å². The minimum absolute atomic E-state index is 0.171. The van der Waals surface area contributed by atoms with E-state index in [1.54, 1.807) is 0 Å². The van der Waals surface area contributed by atoms with Gasteiger partial charge in [-0.3, -0.25) is 9.48 Å². The highest BCUT2D eigenvalue weighted by molar-refractivity contribution is 5.94. The van der Waals surface area contributed by atoms with E-state index in [1.165, 1.54) is 11.0 Å². The van der Waals surface area contributed by atoms with E-state index in [2.05, 4.69) is 32.9 Å². The van der Waals surface area contributed by atoms with Crippen molar-refractivity contribution in [3.05, 3.63) is 54.1 Å². The lowest BCUT2D eigenvalue weighted by atomic mass is 10.1. The minimum Gasteiger partial charge on any atom is -0.321 e. The van der Waals surface area contributed by atoms with Gasteiger partial charge in [-0.15, -0.1) is 5.10 Å². The van der Waals surface area contributed by atoms with Crippen molar-refractivity contribution in [3.8, 4) is 0 Å². The third-order valence-electron chi connectivity index (χ3n) is 3.92. The largest absolute Gasteiger partial charge is 0.321 e. The van der Waals surface area contributed by atoms with Crippen molar-refractivity contribution in [2.45, 2.75) is 39.3 Å². The van der Waals surface area contributed by atoms with E-state index in [1.807, 2.05) is 48.1 Å². The van der Waals surface area contributed by atoms with Crippen LogP contribution in [0.5, 0.6) is 0 Å². The molecule has 0 radical (unpaired) electrons. The number of tetrazole rings is 1. The number of rotatable bonds is 7. The molecule has 1 N–H and O–H groups in total. The van der Waals surface area contributed by atoms with Gasteiger partial charge in [-0.25, -0.2) is 4.68 Å². The van der Waals surface area contributed by atoms with Crippen molar-refractivity contribution >= 4 is 11.6 Å². The molecule has 1 amide bonds. The Balaban J connectivity index is 1.80. The molecule has 8 nitrogen and oxygen atoms in total. The number of benzene rings is 1. The van der Waals surface area contributed by atoms with Crippen LogP contribution in [0.2, 0.25) is 0 Å². The number of carbonyl (C=O) groups excluding carboxylic acids is 1. The monoisotopic (exact) mass is 339 g/mol. The van der Waals surface area contributed by atoms with Gasteiger partial charge in [0.05, 0.1) is 11.4 Å². The second-order valence-corrected chi connectivity index (χ2v) is 5.88. The summed E-state index contributed by atoms with van der Waals surface area (Å²) in [5, 5.41) is 18.6. The lowest BCUT2D eigenvalue weighted by Gasteiger charge is -2.16. The predicted octanol–water partition coefficient (Wildman–Crippen LogP) is 2.01. The summed E-state index contributed by atoms with van der Waals surface area (Å²) in [6.07, 6.45) is 4.80. The normalized spacial score (nSPS) is 12.1. The molecule has 0 aliphatic heterocycles. The van der Waals surface area contributed by atoms with Crippen molar-refractivity contribution in [2.75, 3.05) is 5.32 Å². The number of nitrogens with zero attached hydrogens (tertiary/aromatic N) is 6. The Morgan fingerprint density at radius 1 is 1.28 bits per heavy atom. The fraction of sp³-hybridized carbons (Fsp3) is 0.353. The molecule has 8 heteroatoms. The zero-order valence-corrected chi connectivity index (χ0v) is 14.3. The molecule has 0 spiro atoms. The van der Waals surface area contributed by atoms with Crippen molar-refractivity contribution < 1.29 is 4.79 Å². The quantitative estimate of drug-likeness (QED) is 0.711. The summed E-state index contributed by atoms with van der Waals surface area (Å²) in [5.41, 5.74) is 2.54. The molecule has 0 fully saturated rings. The maximum atomic E-state index is 12.9. The summed E-state index contributed by atoms with van der Waals surface area (Å²) < 4.78 is 3.32. The van der Waals surface area contributed by atoms with Gasteiger partial charge in [0, 0.05) is 19.2 Å². The van der Waals surface area contributed by atoms with Crippen LogP contribution >= 0.6 is 0 Å². The Morgan fingerprint density at radius 2 is 2.08 bits per heavy atom.